The number of pyridine rings is 1. The molecule has 4 rings (SSSR count). The van der Waals surface area contributed by atoms with Crippen LogP contribution in [0.2, 0.25) is 0 Å². The van der Waals surface area contributed by atoms with E-state index < -0.39 is 0 Å². The second kappa shape index (κ2) is 8.48. The lowest BCUT2D eigenvalue weighted by Crippen LogP contribution is -2.29. The number of carbonyl (C=O) groups excluding carboxylic acids is 1. The summed E-state index contributed by atoms with van der Waals surface area (Å²) in [5.41, 5.74) is 2.96. The van der Waals surface area contributed by atoms with E-state index in [1.165, 1.54) is 5.56 Å². The molecule has 0 bridgehead atoms. The Balaban J connectivity index is 1.49. The molecule has 6 nitrogen and oxygen atoms in total. The van der Waals surface area contributed by atoms with Crippen LogP contribution >= 0.6 is 11.8 Å². The molecule has 0 fully saturated rings. The van der Waals surface area contributed by atoms with Crippen LogP contribution in [0.4, 0.5) is 0 Å². The zero-order chi connectivity index (χ0) is 19.3. The van der Waals surface area contributed by atoms with Gasteiger partial charge in [-0.2, -0.15) is 11.8 Å². The van der Waals surface area contributed by atoms with Crippen LogP contribution in [-0.2, 0) is 11.2 Å². The standard InChI is InChI=1S/C21H22N4O2S/c1-28-13-10-17(21-24-23-19-4-2-3-11-25(19)21)22-20(26)8-6-15-5-7-18-16(14-15)9-12-27-18/h2-8,11,14,17H,9-10,12-13H2,1H3,(H,22,26)/b8-6+. The van der Waals surface area contributed by atoms with E-state index in [-0.39, 0.29) is 11.9 Å². The molecule has 1 aliphatic rings. The molecule has 0 saturated carbocycles. The van der Waals surface area contributed by atoms with Gasteiger partial charge in [0, 0.05) is 18.7 Å². The van der Waals surface area contributed by atoms with Gasteiger partial charge in [0.05, 0.1) is 12.6 Å². The lowest BCUT2D eigenvalue weighted by Gasteiger charge is -2.16. The molecule has 1 unspecified atom stereocenters. The zero-order valence-corrected chi connectivity index (χ0v) is 16.5. The molecule has 3 heterocycles. The minimum atomic E-state index is -0.199. The number of benzene rings is 1. The van der Waals surface area contributed by atoms with Crippen molar-refractivity contribution in [3.05, 3.63) is 65.6 Å². The largest absolute Gasteiger partial charge is 0.493 e. The molecule has 0 spiro atoms. The Labute approximate surface area is 168 Å². The van der Waals surface area contributed by atoms with Crippen LogP contribution < -0.4 is 10.1 Å². The molecule has 0 saturated heterocycles. The molecule has 144 valence electrons. The molecule has 1 aliphatic heterocycles. The van der Waals surface area contributed by atoms with Crippen LogP contribution in [0.3, 0.4) is 0 Å². The highest BCUT2D eigenvalue weighted by molar-refractivity contribution is 7.98. The molecule has 1 N–H and O–H groups in total. The monoisotopic (exact) mass is 394 g/mol. The number of nitrogens with one attached hydrogen (secondary N) is 1. The Morgan fingerprint density at radius 1 is 1.36 bits per heavy atom. The normalized spacial score (nSPS) is 14.2. The van der Waals surface area contributed by atoms with Crippen LogP contribution in [-0.4, -0.2) is 39.1 Å². The Morgan fingerprint density at radius 3 is 3.18 bits per heavy atom. The van der Waals surface area contributed by atoms with Gasteiger partial charge in [-0.3, -0.25) is 9.20 Å². The Morgan fingerprint density at radius 2 is 2.29 bits per heavy atom. The summed E-state index contributed by atoms with van der Waals surface area (Å²) in [7, 11) is 0. The van der Waals surface area contributed by atoms with E-state index in [9.17, 15) is 4.79 Å². The van der Waals surface area contributed by atoms with Gasteiger partial charge in [0.25, 0.3) is 0 Å². The zero-order valence-electron chi connectivity index (χ0n) is 15.7. The van der Waals surface area contributed by atoms with E-state index in [0.717, 1.165) is 48.0 Å². The van der Waals surface area contributed by atoms with Crippen LogP contribution in [0.5, 0.6) is 5.75 Å². The minimum absolute atomic E-state index is 0.143. The fourth-order valence-electron chi connectivity index (χ4n) is 3.30. The fraction of sp³-hybridized carbons (Fsp3) is 0.286. The summed E-state index contributed by atoms with van der Waals surface area (Å²) in [6.07, 6.45) is 9.09. The van der Waals surface area contributed by atoms with Gasteiger partial charge in [0.1, 0.15) is 5.75 Å². The first-order valence-corrected chi connectivity index (χ1v) is 10.7. The second-order valence-electron chi connectivity index (χ2n) is 6.63. The van der Waals surface area contributed by atoms with Gasteiger partial charge in [0.2, 0.25) is 5.91 Å². The summed E-state index contributed by atoms with van der Waals surface area (Å²) in [6.45, 7) is 0.729. The van der Waals surface area contributed by atoms with Crippen molar-refractivity contribution in [1.29, 1.82) is 0 Å². The quantitative estimate of drug-likeness (QED) is 0.623. The number of carbonyl (C=O) groups is 1. The summed E-state index contributed by atoms with van der Waals surface area (Å²) < 4.78 is 7.45. The van der Waals surface area contributed by atoms with Crippen molar-refractivity contribution in [2.75, 3.05) is 18.6 Å². The number of thioether (sulfide) groups is 1. The van der Waals surface area contributed by atoms with E-state index in [0.29, 0.717) is 0 Å². The number of aromatic nitrogens is 3. The number of fused-ring (bicyclic) bond motifs is 2. The molecule has 0 aliphatic carbocycles. The van der Waals surface area contributed by atoms with Gasteiger partial charge in [0.15, 0.2) is 11.5 Å². The lowest BCUT2D eigenvalue weighted by atomic mass is 10.1. The van der Waals surface area contributed by atoms with E-state index in [4.69, 9.17) is 4.74 Å². The predicted molar refractivity (Wildman–Crippen MR) is 112 cm³/mol. The first-order valence-electron chi connectivity index (χ1n) is 9.27. The van der Waals surface area contributed by atoms with Gasteiger partial charge in [-0.15, -0.1) is 10.2 Å². The van der Waals surface area contributed by atoms with Crippen LogP contribution in [0, 0.1) is 0 Å². The van der Waals surface area contributed by atoms with Crippen molar-refractivity contribution in [1.82, 2.24) is 19.9 Å². The van der Waals surface area contributed by atoms with Gasteiger partial charge < -0.3 is 10.1 Å². The number of ether oxygens (including phenoxy) is 1. The molecule has 1 aromatic carbocycles. The molecule has 28 heavy (non-hydrogen) atoms. The van der Waals surface area contributed by atoms with Gasteiger partial charge >= 0.3 is 0 Å². The Bertz CT molecular complexity index is 1010. The molecule has 1 atom stereocenters. The third kappa shape index (κ3) is 4.04. The average Bonchev–Trinajstić information content (AvgIpc) is 3.36. The SMILES string of the molecule is CSCCC(NC(=O)/C=C/c1ccc2c(c1)CCO2)c1nnc2ccccn12. The smallest absolute Gasteiger partial charge is 0.244 e. The van der Waals surface area contributed by atoms with E-state index >= 15 is 0 Å². The lowest BCUT2D eigenvalue weighted by molar-refractivity contribution is -0.117. The highest BCUT2D eigenvalue weighted by Gasteiger charge is 2.19. The maximum Gasteiger partial charge on any atom is 0.244 e. The molecule has 2 aromatic heterocycles. The highest BCUT2D eigenvalue weighted by Crippen LogP contribution is 2.26. The average molecular weight is 395 g/mol. The molecular formula is C21H22N4O2S. The number of hydrogen-bond acceptors (Lipinski definition) is 5. The first kappa shape index (κ1) is 18.6. The summed E-state index contributed by atoms with van der Waals surface area (Å²) in [5.74, 6) is 2.47. The molecular weight excluding hydrogens is 372 g/mol. The van der Waals surface area contributed by atoms with Gasteiger partial charge in [-0.1, -0.05) is 12.1 Å². The maximum absolute atomic E-state index is 12.6. The van der Waals surface area contributed by atoms with E-state index in [1.807, 2.05) is 47.0 Å². The minimum Gasteiger partial charge on any atom is -0.493 e. The summed E-state index contributed by atoms with van der Waals surface area (Å²) >= 11 is 1.74. The molecule has 3 aromatic rings. The summed E-state index contributed by atoms with van der Waals surface area (Å²) in [6, 6.07) is 11.6. The van der Waals surface area contributed by atoms with Crippen molar-refractivity contribution in [3.63, 3.8) is 0 Å². The third-order valence-electron chi connectivity index (χ3n) is 4.72. The van der Waals surface area contributed by atoms with Crippen molar-refractivity contribution < 1.29 is 9.53 Å². The maximum atomic E-state index is 12.6. The van der Waals surface area contributed by atoms with Gasteiger partial charge in [-0.25, -0.2) is 0 Å². The number of rotatable bonds is 7. The fourth-order valence-corrected chi connectivity index (χ4v) is 3.77. The highest BCUT2D eigenvalue weighted by atomic mass is 32.2. The van der Waals surface area contributed by atoms with Crippen LogP contribution in [0.25, 0.3) is 11.7 Å². The van der Waals surface area contributed by atoms with Crippen molar-refractivity contribution in [3.8, 4) is 5.75 Å². The molecule has 0 radical (unpaired) electrons. The van der Waals surface area contributed by atoms with Crippen molar-refractivity contribution >= 4 is 29.4 Å². The van der Waals surface area contributed by atoms with Crippen molar-refractivity contribution in [2.24, 2.45) is 0 Å². The number of hydrogen-bond donors (Lipinski definition) is 1. The van der Waals surface area contributed by atoms with Crippen molar-refractivity contribution in [2.45, 2.75) is 18.9 Å². The van der Waals surface area contributed by atoms with Crippen LogP contribution in [0.15, 0.2) is 48.7 Å². The van der Waals surface area contributed by atoms with Gasteiger partial charge in [-0.05, 0) is 59.9 Å². The molecule has 7 heteroatoms. The Kier molecular flexibility index (Phi) is 5.62. The number of nitrogens with zero attached hydrogens (tertiary/aromatic N) is 3. The second-order valence-corrected chi connectivity index (χ2v) is 7.61. The summed E-state index contributed by atoms with van der Waals surface area (Å²) in [4.78, 5) is 12.6. The molecule has 1 amide bonds. The van der Waals surface area contributed by atoms with E-state index in [2.05, 4.69) is 27.8 Å². The first-order chi connectivity index (χ1) is 13.7. The topological polar surface area (TPSA) is 68.5 Å². The van der Waals surface area contributed by atoms with Crippen LogP contribution in [0.1, 0.15) is 29.4 Å². The Hall–Kier alpha value is -2.80. The van der Waals surface area contributed by atoms with E-state index in [1.54, 1.807) is 17.8 Å². The third-order valence-corrected chi connectivity index (χ3v) is 5.36. The number of amides is 1. The predicted octanol–water partition coefficient (Wildman–Crippen LogP) is 3.29. The summed E-state index contributed by atoms with van der Waals surface area (Å²) in [5, 5.41) is 11.6.